The van der Waals surface area contributed by atoms with Gasteiger partial charge in [0.15, 0.2) is 5.82 Å². The molecule has 0 radical (unpaired) electrons. The number of morpholine rings is 1. The minimum atomic E-state index is -2.80. The molecule has 0 unspecified atom stereocenters. The van der Waals surface area contributed by atoms with Gasteiger partial charge in [-0.05, 0) is 33.2 Å². The Kier molecular flexibility index (Phi) is 8.72. The third-order valence-corrected chi connectivity index (χ3v) is 7.31. The van der Waals surface area contributed by atoms with E-state index < -0.39 is 18.3 Å². The predicted molar refractivity (Wildman–Crippen MR) is 149 cm³/mol. The number of hydrogen-bond acceptors (Lipinski definition) is 9. The third kappa shape index (κ3) is 6.31. The molecule has 2 aromatic heterocycles. The lowest BCUT2D eigenvalue weighted by Gasteiger charge is -2.36. The summed E-state index contributed by atoms with van der Waals surface area (Å²) in [5.41, 5.74) is 0.971. The molecule has 1 amide bonds. The minimum Gasteiger partial charge on any atom is -0.378 e. The van der Waals surface area contributed by atoms with E-state index in [4.69, 9.17) is 4.74 Å². The number of aromatic nitrogens is 4. The number of fused-ring (bicyclic) bond motifs is 1. The Morgan fingerprint density at radius 3 is 2.42 bits per heavy atom. The number of ether oxygens (including phenoxy) is 1. The number of rotatable bonds is 9. The fraction of sp³-hybridized carbons (Fsp3) is 0.556. The lowest BCUT2D eigenvalue weighted by Crippen LogP contribution is -2.53. The highest BCUT2D eigenvalue weighted by molar-refractivity contribution is 5.84. The number of amides is 1. The van der Waals surface area contributed by atoms with Crippen LogP contribution in [0.4, 0.5) is 20.5 Å². The molecule has 216 valence electrons. The zero-order valence-electron chi connectivity index (χ0n) is 23.3. The Balaban J connectivity index is 1.40. The fourth-order valence-corrected chi connectivity index (χ4v) is 5.05. The molecule has 0 aliphatic carbocycles. The maximum absolute atomic E-state index is 14.1. The monoisotopic (exact) mass is 557 g/mol. The van der Waals surface area contributed by atoms with Crippen LogP contribution >= 0.6 is 0 Å². The van der Waals surface area contributed by atoms with Gasteiger partial charge in [0.1, 0.15) is 17.7 Å². The Labute approximate surface area is 232 Å². The number of carbonyl (C=O) groups excluding carboxylic acids is 1. The molecule has 40 heavy (non-hydrogen) atoms. The Bertz CT molecular complexity index is 1300. The maximum Gasteiger partial charge on any atom is 0.296 e. The largest absolute Gasteiger partial charge is 0.378 e. The van der Waals surface area contributed by atoms with Gasteiger partial charge in [-0.25, -0.2) is 13.8 Å². The molecule has 4 heterocycles. The van der Waals surface area contributed by atoms with Gasteiger partial charge in [-0.3, -0.25) is 14.3 Å². The van der Waals surface area contributed by atoms with Crippen molar-refractivity contribution in [3.63, 3.8) is 0 Å². The molecule has 1 N–H and O–H groups in total. The SMILES string of the molecule is C[C@H](Nc1nc(N2CCOCC2)cc(-n2c(C(F)F)nc3ccccc32)n1)C(=O)N1CCN(CCN(C)C)CC1. The second-order valence-corrected chi connectivity index (χ2v) is 10.4. The van der Waals surface area contributed by atoms with E-state index in [9.17, 15) is 13.6 Å². The molecule has 1 aromatic carbocycles. The molecule has 3 aromatic rings. The van der Waals surface area contributed by atoms with Gasteiger partial charge in [-0.1, -0.05) is 12.1 Å². The number of alkyl halides is 2. The number of halogens is 2. The summed E-state index contributed by atoms with van der Waals surface area (Å²) in [6, 6.07) is 8.06. The Morgan fingerprint density at radius 2 is 1.73 bits per heavy atom. The molecule has 2 fully saturated rings. The molecule has 2 saturated heterocycles. The van der Waals surface area contributed by atoms with E-state index in [2.05, 4.69) is 44.2 Å². The highest BCUT2D eigenvalue weighted by Gasteiger charge is 2.27. The summed E-state index contributed by atoms with van der Waals surface area (Å²) in [5, 5.41) is 3.16. The number of hydrogen-bond donors (Lipinski definition) is 1. The molecular weight excluding hydrogens is 520 g/mol. The zero-order valence-corrected chi connectivity index (χ0v) is 23.3. The van der Waals surface area contributed by atoms with Crippen LogP contribution in [-0.2, 0) is 9.53 Å². The van der Waals surface area contributed by atoms with E-state index in [1.807, 2.05) is 9.80 Å². The lowest BCUT2D eigenvalue weighted by molar-refractivity contribution is -0.133. The number of carbonyl (C=O) groups is 1. The van der Waals surface area contributed by atoms with Crippen molar-refractivity contribution < 1.29 is 18.3 Å². The van der Waals surface area contributed by atoms with Gasteiger partial charge >= 0.3 is 0 Å². The molecule has 1 atom stereocenters. The Morgan fingerprint density at radius 1 is 1.02 bits per heavy atom. The smallest absolute Gasteiger partial charge is 0.296 e. The number of imidazole rings is 1. The van der Waals surface area contributed by atoms with E-state index in [1.165, 1.54) is 4.57 Å². The van der Waals surface area contributed by atoms with Gasteiger partial charge < -0.3 is 24.8 Å². The van der Waals surface area contributed by atoms with Crippen molar-refractivity contribution in [2.24, 2.45) is 0 Å². The first-order chi connectivity index (χ1) is 19.3. The molecule has 0 saturated carbocycles. The summed E-state index contributed by atoms with van der Waals surface area (Å²) < 4.78 is 35.1. The van der Waals surface area contributed by atoms with Crippen LogP contribution in [0.5, 0.6) is 0 Å². The number of piperazine rings is 1. The lowest BCUT2D eigenvalue weighted by atomic mass is 10.2. The van der Waals surface area contributed by atoms with Crippen molar-refractivity contribution in [3.05, 3.63) is 36.2 Å². The van der Waals surface area contributed by atoms with Gasteiger partial charge in [0, 0.05) is 58.4 Å². The van der Waals surface area contributed by atoms with Gasteiger partial charge in [-0.2, -0.15) is 9.97 Å². The molecule has 11 nitrogen and oxygen atoms in total. The van der Waals surface area contributed by atoms with E-state index in [1.54, 1.807) is 37.3 Å². The van der Waals surface area contributed by atoms with E-state index >= 15 is 0 Å². The number of benzene rings is 1. The third-order valence-electron chi connectivity index (χ3n) is 7.31. The van der Waals surface area contributed by atoms with Crippen LogP contribution in [-0.4, -0.2) is 126 Å². The van der Waals surface area contributed by atoms with Gasteiger partial charge in [-0.15, -0.1) is 0 Å². The zero-order chi connectivity index (χ0) is 28.2. The maximum atomic E-state index is 14.1. The van der Waals surface area contributed by atoms with Crippen LogP contribution in [0.25, 0.3) is 16.9 Å². The average Bonchev–Trinajstić information content (AvgIpc) is 3.36. The predicted octanol–water partition coefficient (Wildman–Crippen LogP) is 2.10. The number of para-hydroxylation sites is 2. The summed E-state index contributed by atoms with van der Waals surface area (Å²) in [5.74, 6) is 0.591. The number of likely N-dealkylation sites (N-methyl/N-ethyl adjacent to an activating group) is 1. The first-order valence-electron chi connectivity index (χ1n) is 13.7. The van der Waals surface area contributed by atoms with Crippen LogP contribution in [0, 0.1) is 0 Å². The summed E-state index contributed by atoms with van der Waals surface area (Å²) in [4.78, 5) is 35.2. The van der Waals surface area contributed by atoms with E-state index in [0.717, 1.165) is 26.2 Å². The molecule has 2 aliphatic rings. The van der Waals surface area contributed by atoms with Crippen LogP contribution in [0.3, 0.4) is 0 Å². The highest BCUT2D eigenvalue weighted by Crippen LogP contribution is 2.29. The van der Waals surface area contributed by atoms with Gasteiger partial charge in [0.2, 0.25) is 11.9 Å². The quantitative estimate of drug-likeness (QED) is 0.425. The average molecular weight is 558 g/mol. The molecule has 2 aliphatic heterocycles. The highest BCUT2D eigenvalue weighted by atomic mass is 19.3. The number of nitrogens with one attached hydrogen (secondary N) is 1. The standard InChI is InChI=1S/C27H37F2N9O2/c1-19(26(39)37-12-10-35(11-13-37)9-8-34(2)3)30-27-32-22(36-14-16-40-17-15-36)18-23(33-27)38-21-7-5-4-6-20(21)31-25(38)24(28)29/h4-7,18-19,24H,8-17H2,1-3H3,(H,30,32,33)/t19-/m0/s1. The Hall–Kier alpha value is -3.42. The molecular formula is C27H37F2N9O2. The summed E-state index contributed by atoms with van der Waals surface area (Å²) in [7, 11) is 4.11. The van der Waals surface area contributed by atoms with Gasteiger partial charge in [0.25, 0.3) is 6.43 Å². The van der Waals surface area contributed by atoms with Crippen molar-refractivity contribution in [1.29, 1.82) is 0 Å². The molecule has 13 heteroatoms. The summed E-state index contributed by atoms with van der Waals surface area (Å²) in [6.07, 6.45) is -2.80. The van der Waals surface area contributed by atoms with Gasteiger partial charge in [0.05, 0.1) is 24.2 Å². The van der Waals surface area contributed by atoms with Crippen molar-refractivity contribution in [2.75, 3.05) is 89.9 Å². The van der Waals surface area contributed by atoms with Crippen molar-refractivity contribution in [1.82, 2.24) is 34.2 Å². The van der Waals surface area contributed by atoms with Crippen LogP contribution in [0.15, 0.2) is 30.3 Å². The normalized spacial score (nSPS) is 17.7. The number of nitrogens with zero attached hydrogens (tertiary/aromatic N) is 8. The van der Waals surface area contributed by atoms with E-state index in [-0.39, 0.29) is 17.7 Å². The first kappa shape index (κ1) is 28.1. The van der Waals surface area contributed by atoms with Crippen molar-refractivity contribution in [2.45, 2.75) is 19.4 Å². The van der Waals surface area contributed by atoms with E-state index in [0.29, 0.717) is 56.2 Å². The summed E-state index contributed by atoms with van der Waals surface area (Å²) >= 11 is 0. The molecule has 0 spiro atoms. The first-order valence-corrected chi connectivity index (χ1v) is 13.7. The second-order valence-electron chi connectivity index (χ2n) is 10.4. The fourth-order valence-electron chi connectivity index (χ4n) is 5.05. The number of anilines is 2. The van der Waals surface area contributed by atoms with Crippen molar-refractivity contribution in [3.8, 4) is 5.82 Å². The topological polar surface area (TPSA) is 94.9 Å². The van der Waals surface area contributed by atoms with Crippen LogP contribution in [0.2, 0.25) is 0 Å². The van der Waals surface area contributed by atoms with Crippen LogP contribution in [0.1, 0.15) is 19.2 Å². The minimum absolute atomic E-state index is 0.0458. The van der Waals surface area contributed by atoms with Crippen LogP contribution < -0.4 is 10.2 Å². The summed E-state index contributed by atoms with van der Waals surface area (Å²) in [6.45, 7) is 8.96. The molecule has 0 bridgehead atoms. The van der Waals surface area contributed by atoms with Crippen molar-refractivity contribution >= 4 is 28.7 Å². The molecule has 5 rings (SSSR count). The second kappa shape index (κ2) is 12.4.